The van der Waals surface area contributed by atoms with E-state index >= 15 is 0 Å². The van der Waals surface area contributed by atoms with Gasteiger partial charge in [-0.2, -0.15) is 0 Å². The first-order chi connectivity index (χ1) is 5.74. The Morgan fingerprint density at radius 1 is 1.58 bits per heavy atom. The lowest BCUT2D eigenvalue weighted by atomic mass is 10.2. The molecule has 0 amide bonds. The summed E-state index contributed by atoms with van der Waals surface area (Å²) >= 11 is 3.25. The van der Waals surface area contributed by atoms with Gasteiger partial charge in [0.05, 0.1) is 11.1 Å². The molecule has 2 N–H and O–H groups in total. The second-order valence-corrected chi connectivity index (χ2v) is 3.41. The fourth-order valence-corrected chi connectivity index (χ4v) is 1.00. The Kier molecular flexibility index (Phi) is 3.58. The normalized spacial score (nSPS) is 12.9. The van der Waals surface area contributed by atoms with Crippen molar-refractivity contribution in [1.29, 1.82) is 0 Å². The fourth-order valence-electron chi connectivity index (χ4n) is 0.796. The summed E-state index contributed by atoms with van der Waals surface area (Å²) in [6.07, 6.45) is 3.41. The van der Waals surface area contributed by atoms with E-state index in [2.05, 4.69) is 30.7 Å². The van der Waals surface area contributed by atoms with Crippen LogP contribution in [0.25, 0.3) is 0 Å². The Bertz CT molecular complexity index is 239. The van der Waals surface area contributed by atoms with Crippen LogP contribution in [-0.2, 0) is 4.84 Å². The molecule has 12 heavy (non-hydrogen) atoms. The van der Waals surface area contributed by atoms with Crippen LogP contribution in [0, 0.1) is 0 Å². The van der Waals surface area contributed by atoms with Gasteiger partial charge in [0.25, 0.3) is 0 Å². The monoisotopic (exact) mass is 231 g/mol. The highest BCUT2D eigenvalue weighted by molar-refractivity contribution is 9.10. The van der Waals surface area contributed by atoms with Crippen LogP contribution in [0.3, 0.4) is 0 Å². The zero-order chi connectivity index (χ0) is 8.97. The van der Waals surface area contributed by atoms with Crippen molar-refractivity contribution >= 4 is 15.9 Å². The molecule has 0 bridgehead atoms. The maximum absolute atomic E-state index is 4.93. The van der Waals surface area contributed by atoms with Crippen molar-refractivity contribution in [3.05, 3.63) is 22.7 Å². The standard InChI is InChI=1S/C7H10BrN3O/c1-5(4-12-9)7-10-2-6(8)3-11-7/h2-3,5H,4,9H2,1H3. The summed E-state index contributed by atoms with van der Waals surface area (Å²) in [7, 11) is 0. The maximum atomic E-state index is 4.93. The minimum absolute atomic E-state index is 0.128. The van der Waals surface area contributed by atoms with Gasteiger partial charge in [-0.3, -0.25) is 0 Å². The molecule has 1 unspecified atom stereocenters. The van der Waals surface area contributed by atoms with Crippen LogP contribution in [0.5, 0.6) is 0 Å². The van der Waals surface area contributed by atoms with E-state index in [9.17, 15) is 0 Å². The number of hydrogen-bond acceptors (Lipinski definition) is 4. The minimum Gasteiger partial charge on any atom is -0.304 e. The third-order valence-corrected chi connectivity index (χ3v) is 1.84. The number of nitrogens with zero attached hydrogens (tertiary/aromatic N) is 2. The molecule has 0 radical (unpaired) electrons. The average Bonchev–Trinajstić information content (AvgIpc) is 2.06. The Labute approximate surface area is 79.2 Å². The molecule has 0 spiro atoms. The second kappa shape index (κ2) is 4.49. The number of halogens is 1. The molecule has 0 saturated carbocycles. The van der Waals surface area contributed by atoms with Gasteiger partial charge < -0.3 is 4.84 Å². The first-order valence-corrected chi connectivity index (χ1v) is 4.32. The zero-order valence-corrected chi connectivity index (χ0v) is 8.28. The molecule has 0 aliphatic rings. The van der Waals surface area contributed by atoms with Gasteiger partial charge in [0, 0.05) is 18.3 Å². The molecule has 1 rings (SSSR count). The van der Waals surface area contributed by atoms with E-state index in [1.54, 1.807) is 12.4 Å². The molecule has 1 aromatic heterocycles. The van der Waals surface area contributed by atoms with Crippen molar-refractivity contribution in [2.45, 2.75) is 12.8 Å². The van der Waals surface area contributed by atoms with E-state index in [1.807, 2.05) is 6.92 Å². The fraction of sp³-hybridized carbons (Fsp3) is 0.429. The summed E-state index contributed by atoms with van der Waals surface area (Å²) in [6.45, 7) is 2.39. The van der Waals surface area contributed by atoms with Gasteiger partial charge in [-0.15, -0.1) is 0 Å². The summed E-state index contributed by atoms with van der Waals surface area (Å²) in [5.74, 6) is 5.80. The third-order valence-electron chi connectivity index (χ3n) is 1.43. The van der Waals surface area contributed by atoms with Crippen molar-refractivity contribution < 1.29 is 4.84 Å². The highest BCUT2D eigenvalue weighted by Crippen LogP contribution is 2.11. The van der Waals surface area contributed by atoms with E-state index in [-0.39, 0.29) is 5.92 Å². The summed E-state index contributed by atoms with van der Waals surface area (Å²) < 4.78 is 0.868. The van der Waals surface area contributed by atoms with Crippen molar-refractivity contribution in [2.75, 3.05) is 6.61 Å². The lowest BCUT2D eigenvalue weighted by Crippen LogP contribution is -2.11. The van der Waals surface area contributed by atoms with E-state index in [1.165, 1.54) is 0 Å². The first-order valence-electron chi connectivity index (χ1n) is 3.53. The zero-order valence-electron chi connectivity index (χ0n) is 6.70. The van der Waals surface area contributed by atoms with Gasteiger partial charge in [0.15, 0.2) is 0 Å². The summed E-state index contributed by atoms with van der Waals surface area (Å²) in [5, 5.41) is 0. The minimum atomic E-state index is 0.128. The summed E-state index contributed by atoms with van der Waals surface area (Å²) in [4.78, 5) is 12.7. The Morgan fingerprint density at radius 3 is 2.67 bits per heavy atom. The molecular weight excluding hydrogens is 222 g/mol. The van der Waals surface area contributed by atoms with Crippen LogP contribution in [0.2, 0.25) is 0 Å². The van der Waals surface area contributed by atoms with Crippen LogP contribution < -0.4 is 5.90 Å². The average molecular weight is 232 g/mol. The Balaban J connectivity index is 2.68. The molecule has 1 atom stereocenters. The SMILES string of the molecule is CC(CON)c1ncc(Br)cn1. The van der Waals surface area contributed by atoms with Crippen molar-refractivity contribution in [2.24, 2.45) is 5.90 Å². The largest absolute Gasteiger partial charge is 0.304 e. The highest BCUT2D eigenvalue weighted by atomic mass is 79.9. The molecule has 0 aromatic carbocycles. The lowest BCUT2D eigenvalue weighted by molar-refractivity contribution is 0.125. The predicted molar refractivity (Wildman–Crippen MR) is 48.3 cm³/mol. The number of nitrogens with two attached hydrogens (primary N) is 1. The van der Waals surface area contributed by atoms with Crippen LogP contribution >= 0.6 is 15.9 Å². The molecule has 0 aliphatic heterocycles. The van der Waals surface area contributed by atoms with Crippen LogP contribution in [0.4, 0.5) is 0 Å². The molecule has 1 aromatic rings. The molecule has 1 heterocycles. The molecule has 0 aliphatic carbocycles. The molecule has 0 fully saturated rings. The van der Waals surface area contributed by atoms with E-state index in [0.717, 1.165) is 10.3 Å². The smallest absolute Gasteiger partial charge is 0.133 e. The van der Waals surface area contributed by atoms with Gasteiger partial charge in [-0.05, 0) is 15.9 Å². The Morgan fingerprint density at radius 2 is 2.17 bits per heavy atom. The van der Waals surface area contributed by atoms with Gasteiger partial charge in [-0.1, -0.05) is 6.92 Å². The van der Waals surface area contributed by atoms with Gasteiger partial charge in [0.1, 0.15) is 5.82 Å². The van der Waals surface area contributed by atoms with E-state index in [4.69, 9.17) is 5.90 Å². The van der Waals surface area contributed by atoms with Crippen molar-refractivity contribution in [1.82, 2.24) is 9.97 Å². The van der Waals surface area contributed by atoms with Crippen LogP contribution in [0.1, 0.15) is 18.7 Å². The predicted octanol–water partition coefficient (Wildman–Crippen LogP) is 1.23. The van der Waals surface area contributed by atoms with E-state index < -0.39 is 0 Å². The van der Waals surface area contributed by atoms with Gasteiger partial charge in [-0.25, -0.2) is 15.9 Å². The van der Waals surface area contributed by atoms with Gasteiger partial charge in [0.2, 0.25) is 0 Å². The third kappa shape index (κ3) is 2.51. The molecular formula is C7H10BrN3O. The van der Waals surface area contributed by atoms with E-state index in [0.29, 0.717) is 6.61 Å². The Hall–Kier alpha value is -0.520. The maximum Gasteiger partial charge on any atom is 0.133 e. The molecule has 4 nitrogen and oxygen atoms in total. The van der Waals surface area contributed by atoms with Crippen LogP contribution in [-0.4, -0.2) is 16.6 Å². The molecule has 66 valence electrons. The molecule has 5 heteroatoms. The van der Waals surface area contributed by atoms with Crippen LogP contribution in [0.15, 0.2) is 16.9 Å². The highest BCUT2D eigenvalue weighted by Gasteiger charge is 2.07. The number of rotatable bonds is 3. The number of hydrogen-bond donors (Lipinski definition) is 1. The number of aromatic nitrogens is 2. The quantitative estimate of drug-likeness (QED) is 0.796. The molecule has 0 saturated heterocycles. The topological polar surface area (TPSA) is 61.0 Å². The van der Waals surface area contributed by atoms with Gasteiger partial charge >= 0.3 is 0 Å². The van der Waals surface area contributed by atoms with Crippen molar-refractivity contribution in [3.8, 4) is 0 Å². The summed E-state index contributed by atoms with van der Waals surface area (Å²) in [5.41, 5.74) is 0. The lowest BCUT2D eigenvalue weighted by Gasteiger charge is -2.06. The second-order valence-electron chi connectivity index (χ2n) is 2.49. The van der Waals surface area contributed by atoms with Crippen molar-refractivity contribution in [3.63, 3.8) is 0 Å². The summed E-state index contributed by atoms with van der Waals surface area (Å²) in [6, 6.07) is 0. The first kappa shape index (κ1) is 9.57.